The lowest BCUT2D eigenvalue weighted by molar-refractivity contribution is -0.159. The molecule has 0 saturated carbocycles. The summed E-state index contributed by atoms with van der Waals surface area (Å²) in [6.07, 6.45) is 3.08. The molecule has 0 bridgehead atoms. The fourth-order valence-corrected chi connectivity index (χ4v) is 4.27. The van der Waals surface area contributed by atoms with E-state index < -0.39 is 11.9 Å². The summed E-state index contributed by atoms with van der Waals surface area (Å²) in [5.41, 5.74) is 5.42. The van der Waals surface area contributed by atoms with Crippen LogP contribution in [-0.4, -0.2) is 90.8 Å². The fraction of sp³-hybridized carbons (Fsp3) is 0.423. The number of carboxylic acids is 2. The van der Waals surface area contributed by atoms with Crippen LogP contribution < -0.4 is 4.90 Å². The normalized spacial score (nSPS) is 15.1. The number of para-hydroxylation sites is 2. The average Bonchev–Trinajstić information content (AvgIpc) is 3.02. The molecule has 188 valence electrons. The summed E-state index contributed by atoms with van der Waals surface area (Å²) in [7, 11) is 1.92. The van der Waals surface area contributed by atoms with Gasteiger partial charge in [-0.2, -0.15) is 0 Å². The first-order chi connectivity index (χ1) is 16.9. The molecule has 2 N–H and O–H groups in total. The molecule has 1 amide bonds. The molecule has 2 aromatic rings. The van der Waals surface area contributed by atoms with Gasteiger partial charge in [-0.15, -0.1) is 0 Å². The highest BCUT2D eigenvalue weighted by Gasteiger charge is 2.21. The number of hydrogen-bond donors (Lipinski definition) is 2. The second-order valence-electron chi connectivity index (χ2n) is 8.58. The molecule has 0 unspecified atom stereocenters. The number of amides is 1. The number of aryl methyl sites for hydroxylation is 2. The Morgan fingerprint density at radius 2 is 1.40 bits per heavy atom. The predicted octanol–water partition coefficient (Wildman–Crippen LogP) is 2.26. The molecule has 2 aromatic carbocycles. The topological polar surface area (TPSA) is 111 Å². The largest absolute Gasteiger partial charge is 0.473 e. The smallest absolute Gasteiger partial charge is 0.414 e. The van der Waals surface area contributed by atoms with E-state index in [0.29, 0.717) is 6.54 Å². The van der Waals surface area contributed by atoms with Crippen molar-refractivity contribution in [2.45, 2.75) is 19.3 Å². The van der Waals surface area contributed by atoms with Crippen LogP contribution in [0.4, 0.5) is 11.4 Å². The van der Waals surface area contributed by atoms with E-state index in [4.69, 9.17) is 24.5 Å². The predicted molar refractivity (Wildman–Crippen MR) is 132 cm³/mol. The van der Waals surface area contributed by atoms with Gasteiger partial charge >= 0.3 is 11.9 Å². The van der Waals surface area contributed by atoms with Gasteiger partial charge in [0.25, 0.3) is 0 Å². The van der Waals surface area contributed by atoms with Crippen LogP contribution in [0.15, 0.2) is 48.5 Å². The maximum absolute atomic E-state index is 12.6. The lowest BCUT2D eigenvalue weighted by atomic mass is 10.0. The van der Waals surface area contributed by atoms with Crippen LogP contribution in [-0.2, 0) is 32.0 Å². The molecular formula is C26H33N3O6. The minimum Gasteiger partial charge on any atom is -0.473 e. The number of carboxylic acid groups (broad SMARTS) is 2. The maximum atomic E-state index is 12.6. The van der Waals surface area contributed by atoms with Gasteiger partial charge in [0.2, 0.25) is 5.91 Å². The average molecular weight is 484 g/mol. The summed E-state index contributed by atoms with van der Waals surface area (Å²) in [5.74, 6) is -3.45. The number of rotatable bonds is 6. The number of anilines is 2. The Labute approximate surface area is 205 Å². The quantitative estimate of drug-likeness (QED) is 0.602. The minimum absolute atomic E-state index is 0.198. The van der Waals surface area contributed by atoms with Gasteiger partial charge in [0.15, 0.2) is 0 Å². The molecule has 9 nitrogen and oxygen atoms in total. The number of ether oxygens (including phenoxy) is 1. The third-order valence-corrected chi connectivity index (χ3v) is 6.18. The molecule has 0 spiro atoms. The zero-order chi connectivity index (χ0) is 25.2. The van der Waals surface area contributed by atoms with Gasteiger partial charge in [-0.3, -0.25) is 9.69 Å². The second kappa shape index (κ2) is 12.9. The number of carbonyl (C=O) groups is 3. The van der Waals surface area contributed by atoms with Gasteiger partial charge in [0.05, 0.1) is 19.8 Å². The minimum atomic E-state index is -1.82. The van der Waals surface area contributed by atoms with Crippen molar-refractivity contribution in [3.05, 3.63) is 59.7 Å². The number of likely N-dealkylation sites (N-methyl/N-ethyl adjacent to an activating group) is 1. The van der Waals surface area contributed by atoms with Crippen LogP contribution in [0.25, 0.3) is 0 Å². The number of nitrogens with zero attached hydrogens (tertiary/aromatic N) is 3. The Kier molecular flexibility index (Phi) is 9.63. The van der Waals surface area contributed by atoms with Crippen molar-refractivity contribution >= 4 is 29.2 Å². The lowest BCUT2D eigenvalue weighted by Crippen LogP contribution is -2.44. The molecule has 35 heavy (non-hydrogen) atoms. The Balaban J connectivity index is 0.000000509. The van der Waals surface area contributed by atoms with E-state index in [1.165, 1.54) is 22.5 Å². The third kappa shape index (κ3) is 7.53. The van der Waals surface area contributed by atoms with E-state index in [9.17, 15) is 4.79 Å². The summed E-state index contributed by atoms with van der Waals surface area (Å²) in [6.45, 7) is 5.32. The molecule has 0 radical (unpaired) electrons. The molecule has 2 aliphatic heterocycles. The van der Waals surface area contributed by atoms with E-state index in [1.54, 1.807) is 0 Å². The summed E-state index contributed by atoms with van der Waals surface area (Å²) in [4.78, 5) is 37.3. The van der Waals surface area contributed by atoms with Crippen LogP contribution >= 0.6 is 0 Å². The first kappa shape index (κ1) is 26.2. The zero-order valence-corrected chi connectivity index (χ0v) is 20.1. The van der Waals surface area contributed by atoms with Gasteiger partial charge in [0, 0.05) is 44.6 Å². The van der Waals surface area contributed by atoms with Crippen molar-refractivity contribution in [2.24, 2.45) is 0 Å². The summed E-state index contributed by atoms with van der Waals surface area (Å²) in [5, 5.41) is 14.8. The Bertz CT molecular complexity index is 962. The molecule has 9 heteroatoms. The van der Waals surface area contributed by atoms with E-state index in [-0.39, 0.29) is 5.91 Å². The van der Waals surface area contributed by atoms with Gasteiger partial charge < -0.3 is 24.7 Å². The molecule has 4 rings (SSSR count). The number of benzene rings is 2. The molecule has 0 aliphatic carbocycles. The highest BCUT2D eigenvalue weighted by Crippen LogP contribution is 2.35. The highest BCUT2D eigenvalue weighted by atomic mass is 16.5. The van der Waals surface area contributed by atoms with Crippen molar-refractivity contribution in [1.82, 2.24) is 9.80 Å². The van der Waals surface area contributed by atoms with Crippen molar-refractivity contribution in [3.8, 4) is 0 Å². The number of hydrogen-bond acceptors (Lipinski definition) is 6. The van der Waals surface area contributed by atoms with Gasteiger partial charge in [0.1, 0.15) is 0 Å². The van der Waals surface area contributed by atoms with E-state index in [0.717, 1.165) is 58.7 Å². The van der Waals surface area contributed by atoms with Gasteiger partial charge in [-0.05, 0) is 42.5 Å². The van der Waals surface area contributed by atoms with E-state index in [1.807, 2.05) is 11.9 Å². The van der Waals surface area contributed by atoms with Crippen molar-refractivity contribution < 1.29 is 29.3 Å². The van der Waals surface area contributed by atoms with Gasteiger partial charge in [-0.1, -0.05) is 36.4 Å². The number of carbonyl (C=O) groups excluding carboxylic acids is 1. The van der Waals surface area contributed by atoms with E-state index >= 15 is 0 Å². The molecule has 0 atom stereocenters. The molecule has 1 saturated heterocycles. The molecule has 0 aromatic heterocycles. The van der Waals surface area contributed by atoms with E-state index in [2.05, 4.69) is 58.3 Å². The fourth-order valence-electron chi connectivity index (χ4n) is 4.27. The summed E-state index contributed by atoms with van der Waals surface area (Å²) < 4.78 is 5.37. The number of morpholine rings is 1. The van der Waals surface area contributed by atoms with Crippen LogP contribution in [0.2, 0.25) is 0 Å². The number of aliphatic carboxylic acids is 2. The first-order valence-corrected chi connectivity index (χ1v) is 11.8. The first-order valence-electron chi connectivity index (χ1n) is 11.8. The Hall–Kier alpha value is -3.43. The lowest BCUT2D eigenvalue weighted by Gasteiger charge is -2.29. The standard InChI is InChI=1S/C24H31N3O2.C2H2O4/c1-25(24(28)19-26-15-17-29-18-16-26)13-6-14-27-22-9-4-2-7-20(22)11-12-21-8-3-5-10-23(21)27;3-1(4)2(5)6/h2-5,7-10H,6,11-19H2,1H3;(H,3,4)(H,5,6). The number of fused-ring (bicyclic) bond motifs is 2. The van der Waals surface area contributed by atoms with Crippen LogP contribution in [0.1, 0.15) is 17.5 Å². The second-order valence-corrected chi connectivity index (χ2v) is 8.58. The molecular weight excluding hydrogens is 450 g/mol. The summed E-state index contributed by atoms with van der Waals surface area (Å²) >= 11 is 0. The molecule has 2 aliphatic rings. The monoisotopic (exact) mass is 483 g/mol. The Morgan fingerprint density at radius 3 is 1.91 bits per heavy atom. The highest BCUT2D eigenvalue weighted by molar-refractivity contribution is 6.27. The SMILES string of the molecule is CN(CCCN1c2ccccc2CCc2ccccc21)C(=O)CN1CCOCC1.O=C(O)C(=O)O. The van der Waals surface area contributed by atoms with Crippen molar-refractivity contribution in [3.63, 3.8) is 0 Å². The van der Waals surface area contributed by atoms with Gasteiger partial charge in [-0.25, -0.2) is 9.59 Å². The van der Waals surface area contributed by atoms with Crippen LogP contribution in [0.3, 0.4) is 0 Å². The van der Waals surface area contributed by atoms with Crippen LogP contribution in [0.5, 0.6) is 0 Å². The maximum Gasteiger partial charge on any atom is 0.414 e. The zero-order valence-electron chi connectivity index (χ0n) is 20.1. The molecule has 2 heterocycles. The summed E-state index contributed by atoms with van der Waals surface area (Å²) in [6, 6.07) is 17.4. The van der Waals surface area contributed by atoms with Crippen molar-refractivity contribution in [2.75, 3.05) is 57.9 Å². The third-order valence-electron chi connectivity index (χ3n) is 6.18. The molecule has 1 fully saturated rings. The Morgan fingerprint density at radius 1 is 0.886 bits per heavy atom. The van der Waals surface area contributed by atoms with Crippen LogP contribution in [0, 0.1) is 0 Å². The van der Waals surface area contributed by atoms with Crippen molar-refractivity contribution in [1.29, 1.82) is 0 Å².